The van der Waals surface area contributed by atoms with Crippen molar-refractivity contribution < 1.29 is 4.79 Å². The van der Waals surface area contributed by atoms with Crippen molar-refractivity contribution in [3.8, 4) is 20.3 Å². The SMILES string of the molecule is C=C1CC(Nc2nccc(-c3ccc(-c4ccc(C(C)=O)s4)s3)n2)CC(C)(C)N1. The van der Waals surface area contributed by atoms with E-state index >= 15 is 0 Å². The van der Waals surface area contributed by atoms with Gasteiger partial charge in [0, 0.05) is 39.6 Å². The maximum Gasteiger partial charge on any atom is 0.223 e. The normalized spacial score (nSPS) is 18.3. The molecule has 29 heavy (non-hydrogen) atoms. The number of piperidine rings is 1. The van der Waals surface area contributed by atoms with Crippen LogP contribution in [0.1, 0.15) is 43.3 Å². The summed E-state index contributed by atoms with van der Waals surface area (Å²) in [5, 5.41) is 6.92. The smallest absolute Gasteiger partial charge is 0.223 e. The van der Waals surface area contributed by atoms with Crippen molar-refractivity contribution in [2.24, 2.45) is 0 Å². The van der Waals surface area contributed by atoms with Gasteiger partial charge in [-0.25, -0.2) is 9.97 Å². The second kappa shape index (κ2) is 7.72. The standard InChI is InChI=1S/C22H24N4OS2/c1-13-11-15(12-22(3,4)26-13)24-21-23-10-9-16(25-21)18-6-8-20(29-18)19-7-5-17(28-19)14(2)27/h5-10,15,26H,1,11-12H2,2-4H3,(H,23,24,25). The van der Waals surface area contributed by atoms with Gasteiger partial charge in [-0.3, -0.25) is 4.79 Å². The lowest BCUT2D eigenvalue weighted by Crippen LogP contribution is -2.48. The van der Waals surface area contributed by atoms with Gasteiger partial charge in [-0.1, -0.05) is 6.58 Å². The topological polar surface area (TPSA) is 66.9 Å². The predicted octanol–water partition coefficient (Wildman–Crippen LogP) is 5.59. The average Bonchev–Trinajstić information content (AvgIpc) is 3.30. The first kappa shape index (κ1) is 19.8. The van der Waals surface area contributed by atoms with Crippen LogP contribution in [0.2, 0.25) is 0 Å². The zero-order valence-corrected chi connectivity index (χ0v) is 18.4. The van der Waals surface area contributed by atoms with Crippen LogP contribution in [0.3, 0.4) is 0 Å². The molecule has 1 atom stereocenters. The van der Waals surface area contributed by atoms with Gasteiger partial charge in [0.1, 0.15) is 0 Å². The molecule has 1 unspecified atom stereocenters. The molecule has 5 nitrogen and oxygen atoms in total. The highest BCUT2D eigenvalue weighted by atomic mass is 32.1. The second-order valence-electron chi connectivity index (χ2n) is 8.01. The maximum absolute atomic E-state index is 11.6. The summed E-state index contributed by atoms with van der Waals surface area (Å²) in [6.45, 7) is 10.1. The number of ketones is 1. The van der Waals surface area contributed by atoms with Gasteiger partial charge in [0.25, 0.3) is 0 Å². The molecule has 0 saturated carbocycles. The zero-order valence-electron chi connectivity index (χ0n) is 16.8. The van der Waals surface area contributed by atoms with Crippen LogP contribution in [0.4, 0.5) is 5.95 Å². The van der Waals surface area contributed by atoms with Gasteiger partial charge >= 0.3 is 0 Å². The summed E-state index contributed by atoms with van der Waals surface area (Å²) in [7, 11) is 0. The van der Waals surface area contributed by atoms with Gasteiger partial charge in [0.2, 0.25) is 5.95 Å². The lowest BCUT2D eigenvalue weighted by Gasteiger charge is -2.38. The first-order valence-electron chi connectivity index (χ1n) is 9.56. The minimum Gasteiger partial charge on any atom is -0.384 e. The Morgan fingerprint density at radius 1 is 1.17 bits per heavy atom. The van der Waals surface area contributed by atoms with Gasteiger partial charge in [-0.2, -0.15) is 0 Å². The van der Waals surface area contributed by atoms with Crippen LogP contribution < -0.4 is 10.6 Å². The molecule has 1 aliphatic rings. The molecular formula is C22H24N4OS2. The first-order valence-corrected chi connectivity index (χ1v) is 11.2. The third-order valence-electron chi connectivity index (χ3n) is 4.81. The van der Waals surface area contributed by atoms with Crippen molar-refractivity contribution in [2.75, 3.05) is 5.32 Å². The second-order valence-corrected chi connectivity index (χ2v) is 10.2. The van der Waals surface area contributed by atoms with E-state index in [1.807, 2.05) is 18.2 Å². The molecule has 7 heteroatoms. The van der Waals surface area contributed by atoms with E-state index in [0.717, 1.165) is 43.7 Å². The van der Waals surface area contributed by atoms with E-state index in [2.05, 4.69) is 48.2 Å². The largest absolute Gasteiger partial charge is 0.384 e. The number of thiophene rings is 2. The molecule has 2 N–H and O–H groups in total. The van der Waals surface area contributed by atoms with Crippen LogP contribution in [0.25, 0.3) is 20.3 Å². The lowest BCUT2D eigenvalue weighted by atomic mass is 9.88. The van der Waals surface area contributed by atoms with E-state index in [9.17, 15) is 4.79 Å². The van der Waals surface area contributed by atoms with Crippen LogP contribution >= 0.6 is 22.7 Å². The van der Waals surface area contributed by atoms with E-state index in [-0.39, 0.29) is 17.4 Å². The number of carbonyl (C=O) groups is 1. The highest BCUT2D eigenvalue weighted by molar-refractivity contribution is 7.24. The molecular weight excluding hydrogens is 400 g/mol. The van der Waals surface area contributed by atoms with Crippen LogP contribution in [-0.4, -0.2) is 27.3 Å². The summed E-state index contributed by atoms with van der Waals surface area (Å²) in [4.78, 5) is 24.8. The Bertz CT molecular complexity index is 1070. The van der Waals surface area contributed by atoms with E-state index in [1.54, 1.807) is 24.5 Å². The van der Waals surface area contributed by atoms with Crippen molar-refractivity contribution in [3.63, 3.8) is 0 Å². The Morgan fingerprint density at radius 3 is 2.62 bits per heavy atom. The molecule has 1 saturated heterocycles. The minimum atomic E-state index is 0.00664. The molecule has 4 rings (SSSR count). The molecule has 0 radical (unpaired) electrons. The number of hydrogen-bond acceptors (Lipinski definition) is 7. The zero-order chi connectivity index (χ0) is 20.6. The van der Waals surface area contributed by atoms with Crippen LogP contribution in [0.5, 0.6) is 0 Å². The highest BCUT2D eigenvalue weighted by Gasteiger charge is 2.29. The lowest BCUT2D eigenvalue weighted by molar-refractivity contribution is 0.102. The van der Waals surface area contributed by atoms with Gasteiger partial charge in [-0.05, 0) is 57.5 Å². The summed E-state index contributed by atoms with van der Waals surface area (Å²) in [5.41, 5.74) is 1.94. The molecule has 0 aromatic carbocycles. The van der Waals surface area contributed by atoms with Crippen molar-refractivity contribution in [1.29, 1.82) is 0 Å². The maximum atomic E-state index is 11.6. The van der Waals surface area contributed by atoms with Crippen molar-refractivity contribution in [2.45, 2.75) is 45.2 Å². The minimum absolute atomic E-state index is 0.00664. The number of hydrogen-bond donors (Lipinski definition) is 2. The summed E-state index contributed by atoms with van der Waals surface area (Å²) in [6.07, 6.45) is 3.63. The van der Waals surface area contributed by atoms with Gasteiger partial charge in [0.15, 0.2) is 5.78 Å². The van der Waals surface area contributed by atoms with Gasteiger partial charge < -0.3 is 10.6 Å². The van der Waals surface area contributed by atoms with Crippen LogP contribution in [0, 0.1) is 0 Å². The summed E-state index contributed by atoms with van der Waals surface area (Å²) in [5.74, 6) is 0.747. The molecule has 0 bridgehead atoms. The van der Waals surface area contributed by atoms with Crippen molar-refractivity contribution in [3.05, 3.63) is 53.7 Å². The molecule has 3 aromatic rings. The Labute approximate surface area is 178 Å². The number of anilines is 1. The first-order chi connectivity index (χ1) is 13.8. The predicted molar refractivity (Wildman–Crippen MR) is 122 cm³/mol. The third kappa shape index (κ3) is 4.57. The Morgan fingerprint density at radius 2 is 1.90 bits per heavy atom. The molecule has 1 fully saturated rings. The number of carbonyl (C=O) groups excluding carboxylic acids is 1. The van der Waals surface area contributed by atoms with Crippen LogP contribution in [0.15, 0.2) is 48.8 Å². The molecule has 4 heterocycles. The Hall–Kier alpha value is -2.51. The number of rotatable bonds is 5. The van der Waals surface area contributed by atoms with Crippen molar-refractivity contribution in [1.82, 2.24) is 15.3 Å². The summed E-state index contributed by atoms with van der Waals surface area (Å²) in [6, 6.07) is 10.3. The number of aromatic nitrogens is 2. The number of nitrogens with zero attached hydrogens (tertiary/aromatic N) is 2. The Kier molecular flexibility index (Phi) is 5.27. The summed E-state index contributed by atoms with van der Waals surface area (Å²) < 4.78 is 0. The van der Waals surface area contributed by atoms with Crippen molar-refractivity contribution >= 4 is 34.4 Å². The molecule has 150 valence electrons. The molecule has 3 aromatic heterocycles. The number of Topliss-reactive ketones (excluding diaryl/α,β-unsaturated/α-hetero) is 1. The Balaban J connectivity index is 1.52. The molecule has 1 aliphatic heterocycles. The fourth-order valence-corrected chi connectivity index (χ4v) is 5.65. The quantitative estimate of drug-likeness (QED) is 0.523. The fraction of sp³-hybridized carbons (Fsp3) is 0.318. The third-order valence-corrected chi connectivity index (χ3v) is 7.30. The summed E-state index contributed by atoms with van der Waals surface area (Å²) >= 11 is 3.21. The van der Waals surface area contributed by atoms with Gasteiger partial charge in [-0.15, -0.1) is 22.7 Å². The average molecular weight is 425 g/mol. The van der Waals surface area contributed by atoms with Gasteiger partial charge in [0.05, 0.1) is 15.4 Å². The highest BCUT2D eigenvalue weighted by Crippen LogP contribution is 2.37. The monoisotopic (exact) mass is 424 g/mol. The molecule has 0 spiro atoms. The molecule has 0 amide bonds. The van der Waals surface area contributed by atoms with Crippen LogP contribution in [-0.2, 0) is 0 Å². The van der Waals surface area contributed by atoms with E-state index < -0.39 is 0 Å². The number of nitrogens with one attached hydrogen (secondary N) is 2. The molecule has 0 aliphatic carbocycles. The fourth-order valence-electron chi connectivity index (χ4n) is 3.68. The van der Waals surface area contributed by atoms with E-state index in [0.29, 0.717) is 5.95 Å². The van der Waals surface area contributed by atoms with E-state index in [1.165, 1.54) is 11.3 Å². The van der Waals surface area contributed by atoms with E-state index in [4.69, 9.17) is 4.98 Å².